The normalized spacial score (nSPS) is 12.5. The first-order valence-electron chi connectivity index (χ1n) is 4.87. The molecule has 0 aliphatic carbocycles. The van der Waals surface area contributed by atoms with Gasteiger partial charge in [-0.2, -0.15) is 0 Å². The molecule has 1 rings (SSSR count). The highest BCUT2D eigenvalue weighted by molar-refractivity contribution is 5.58. The summed E-state index contributed by atoms with van der Waals surface area (Å²) in [7, 11) is 0. The van der Waals surface area contributed by atoms with Gasteiger partial charge in [0.2, 0.25) is 0 Å². The summed E-state index contributed by atoms with van der Waals surface area (Å²) in [6.45, 7) is 4.53. The predicted molar refractivity (Wildman–Crippen MR) is 60.4 cm³/mol. The van der Waals surface area contributed by atoms with E-state index in [9.17, 15) is 0 Å². The molecule has 1 aromatic rings. The molecule has 0 aliphatic rings. The number of nitrogen functional groups attached to an aromatic ring is 1. The minimum atomic E-state index is -0.259. The summed E-state index contributed by atoms with van der Waals surface area (Å²) in [5.41, 5.74) is 8.66. The SMILES string of the molecule is Cc1ccc(NCCC(C)O)cc1N. The Balaban J connectivity index is 2.47. The van der Waals surface area contributed by atoms with E-state index in [2.05, 4.69) is 5.32 Å². The van der Waals surface area contributed by atoms with Crippen molar-refractivity contribution in [3.63, 3.8) is 0 Å². The molecule has 78 valence electrons. The molecule has 14 heavy (non-hydrogen) atoms. The number of anilines is 2. The van der Waals surface area contributed by atoms with Crippen LogP contribution < -0.4 is 11.1 Å². The van der Waals surface area contributed by atoms with Crippen molar-refractivity contribution in [1.82, 2.24) is 0 Å². The number of hydrogen-bond acceptors (Lipinski definition) is 3. The second-order valence-electron chi connectivity index (χ2n) is 3.64. The van der Waals surface area contributed by atoms with Crippen LogP contribution in [0.1, 0.15) is 18.9 Å². The van der Waals surface area contributed by atoms with E-state index in [1.807, 2.05) is 25.1 Å². The first kappa shape index (κ1) is 10.9. The first-order valence-corrected chi connectivity index (χ1v) is 4.87. The summed E-state index contributed by atoms with van der Waals surface area (Å²) in [4.78, 5) is 0. The van der Waals surface area contributed by atoms with Gasteiger partial charge in [-0.1, -0.05) is 6.07 Å². The van der Waals surface area contributed by atoms with Crippen molar-refractivity contribution in [3.8, 4) is 0 Å². The van der Waals surface area contributed by atoms with Gasteiger partial charge >= 0.3 is 0 Å². The highest BCUT2D eigenvalue weighted by Crippen LogP contribution is 2.16. The Kier molecular flexibility index (Phi) is 3.77. The van der Waals surface area contributed by atoms with Crippen molar-refractivity contribution in [2.75, 3.05) is 17.6 Å². The third-order valence-electron chi connectivity index (χ3n) is 2.17. The van der Waals surface area contributed by atoms with Gasteiger partial charge in [0.05, 0.1) is 6.10 Å². The second-order valence-corrected chi connectivity index (χ2v) is 3.64. The van der Waals surface area contributed by atoms with Crippen molar-refractivity contribution in [3.05, 3.63) is 23.8 Å². The van der Waals surface area contributed by atoms with Crippen LogP contribution in [0, 0.1) is 6.92 Å². The lowest BCUT2D eigenvalue weighted by molar-refractivity contribution is 0.189. The van der Waals surface area contributed by atoms with Crippen LogP contribution >= 0.6 is 0 Å². The van der Waals surface area contributed by atoms with E-state index in [1.54, 1.807) is 6.92 Å². The Labute approximate surface area is 84.9 Å². The van der Waals surface area contributed by atoms with Crippen molar-refractivity contribution < 1.29 is 5.11 Å². The molecule has 3 heteroatoms. The fourth-order valence-corrected chi connectivity index (χ4v) is 1.18. The zero-order valence-electron chi connectivity index (χ0n) is 8.75. The molecule has 0 spiro atoms. The third-order valence-corrected chi connectivity index (χ3v) is 2.17. The minimum absolute atomic E-state index is 0.259. The lowest BCUT2D eigenvalue weighted by atomic mass is 10.2. The fourth-order valence-electron chi connectivity index (χ4n) is 1.18. The first-order chi connectivity index (χ1) is 6.59. The van der Waals surface area contributed by atoms with Crippen LogP contribution in [0.2, 0.25) is 0 Å². The highest BCUT2D eigenvalue weighted by atomic mass is 16.3. The van der Waals surface area contributed by atoms with Crippen molar-refractivity contribution in [2.24, 2.45) is 0 Å². The van der Waals surface area contributed by atoms with E-state index in [1.165, 1.54) is 0 Å². The maximum Gasteiger partial charge on any atom is 0.0528 e. The predicted octanol–water partition coefficient (Wildman–Crippen LogP) is 1.76. The van der Waals surface area contributed by atoms with Crippen LogP contribution in [0.5, 0.6) is 0 Å². The molecule has 0 heterocycles. The molecule has 0 amide bonds. The maximum atomic E-state index is 9.06. The second kappa shape index (κ2) is 4.86. The van der Waals surface area contributed by atoms with Gasteiger partial charge < -0.3 is 16.2 Å². The molecule has 1 unspecified atom stereocenters. The van der Waals surface area contributed by atoms with Gasteiger partial charge in [-0.15, -0.1) is 0 Å². The van der Waals surface area contributed by atoms with Crippen molar-refractivity contribution in [1.29, 1.82) is 0 Å². The molecule has 1 aromatic carbocycles. The van der Waals surface area contributed by atoms with Gasteiger partial charge in [0.15, 0.2) is 0 Å². The summed E-state index contributed by atoms with van der Waals surface area (Å²) in [5.74, 6) is 0. The van der Waals surface area contributed by atoms with Crippen molar-refractivity contribution >= 4 is 11.4 Å². The zero-order valence-corrected chi connectivity index (χ0v) is 8.75. The Hall–Kier alpha value is -1.22. The van der Waals surface area contributed by atoms with Crippen LogP contribution in [-0.4, -0.2) is 17.8 Å². The van der Waals surface area contributed by atoms with Gasteiger partial charge in [0.1, 0.15) is 0 Å². The Morgan fingerprint density at radius 3 is 2.79 bits per heavy atom. The molecule has 0 aromatic heterocycles. The number of aliphatic hydroxyl groups is 1. The van der Waals surface area contributed by atoms with E-state index >= 15 is 0 Å². The van der Waals surface area contributed by atoms with E-state index in [-0.39, 0.29) is 6.10 Å². The van der Waals surface area contributed by atoms with Crippen LogP contribution in [0.25, 0.3) is 0 Å². The average Bonchev–Trinajstić information content (AvgIpc) is 2.10. The van der Waals surface area contributed by atoms with Gasteiger partial charge in [-0.25, -0.2) is 0 Å². The van der Waals surface area contributed by atoms with E-state index in [0.29, 0.717) is 0 Å². The van der Waals surface area contributed by atoms with Gasteiger partial charge in [-0.05, 0) is 38.0 Å². The molecule has 3 nitrogen and oxygen atoms in total. The topological polar surface area (TPSA) is 58.3 Å². The van der Waals surface area contributed by atoms with Gasteiger partial charge in [0, 0.05) is 17.9 Å². The smallest absolute Gasteiger partial charge is 0.0528 e. The lowest BCUT2D eigenvalue weighted by Gasteiger charge is -2.09. The number of nitrogens with two attached hydrogens (primary N) is 1. The number of nitrogens with one attached hydrogen (secondary N) is 1. The number of aliphatic hydroxyl groups excluding tert-OH is 1. The molecule has 0 aliphatic heterocycles. The number of hydrogen-bond donors (Lipinski definition) is 3. The summed E-state index contributed by atoms with van der Waals surface area (Å²) < 4.78 is 0. The molecule has 4 N–H and O–H groups in total. The Bertz CT molecular complexity index is 297. The van der Waals surface area contributed by atoms with Gasteiger partial charge in [0.25, 0.3) is 0 Å². The van der Waals surface area contributed by atoms with Gasteiger partial charge in [-0.3, -0.25) is 0 Å². The third kappa shape index (κ3) is 3.26. The molecular weight excluding hydrogens is 176 g/mol. The van der Waals surface area contributed by atoms with Crippen LogP contribution in [0.3, 0.4) is 0 Å². The number of rotatable bonds is 4. The van der Waals surface area contributed by atoms with Crippen LogP contribution in [0.15, 0.2) is 18.2 Å². The Morgan fingerprint density at radius 1 is 1.50 bits per heavy atom. The molecule has 1 atom stereocenters. The minimum Gasteiger partial charge on any atom is -0.398 e. The monoisotopic (exact) mass is 194 g/mol. The zero-order chi connectivity index (χ0) is 10.6. The molecule has 0 saturated carbocycles. The number of benzene rings is 1. The Morgan fingerprint density at radius 2 is 2.21 bits per heavy atom. The van der Waals surface area contributed by atoms with Crippen LogP contribution in [0.4, 0.5) is 11.4 Å². The van der Waals surface area contributed by atoms with Crippen LogP contribution in [-0.2, 0) is 0 Å². The summed E-state index contributed by atoms with van der Waals surface area (Å²) in [5, 5.41) is 12.3. The quantitative estimate of drug-likeness (QED) is 0.640. The van der Waals surface area contributed by atoms with E-state index < -0.39 is 0 Å². The summed E-state index contributed by atoms with van der Waals surface area (Å²) >= 11 is 0. The molecule has 0 saturated heterocycles. The highest BCUT2D eigenvalue weighted by Gasteiger charge is 1.97. The lowest BCUT2D eigenvalue weighted by Crippen LogP contribution is -2.09. The summed E-state index contributed by atoms with van der Waals surface area (Å²) in [6.07, 6.45) is 0.485. The molecule has 0 radical (unpaired) electrons. The standard InChI is InChI=1S/C11H18N2O/c1-8-3-4-10(7-11(8)12)13-6-5-9(2)14/h3-4,7,9,13-14H,5-6,12H2,1-2H3. The molecule has 0 fully saturated rings. The number of aryl methyl sites for hydroxylation is 1. The fraction of sp³-hybridized carbons (Fsp3) is 0.455. The van der Waals surface area contributed by atoms with E-state index in [0.717, 1.165) is 29.9 Å². The molecular formula is C11H18N2O. The molecule has 0 bridgehead atoms. The largest absolute Gasteiger partial charge is 0.398 e. The average molecular weight is 194 g/mol. The maximum absolute atomic E-state index is 9.06. The van der Waals surface area contributed by atoms with E-state index in [4.69, 9.17) is 10.8 Å². The summed E-state index contributed by atoms with van der Waals surface area (Å²) in [6, 6.07) is 5.89. The van der Waals surface area contributed by atoms with Crippen molar-refractivity contribution in [2.45, 2.75) is 26.4 Å².